The Balaban J connectivity index is 1.67. The molecule has 1 aromatic rings. The van der Waals surface area contributed by atoms with E-state index in [0.29, 0.717) is 24.6 Å². The minimum absolute atomic E-state index is 0.0907. The monoisotopic (exact) mass is 370 g/mol. The topological polar surface area (TPSA) is 85.4 Å². The molecule has 3 rings (SSSR count). The normalized spacial score (nSPS) is 18.3. The van der Waals surface area contributed by atoms with Gasteiger partial charge in [0.05, 0.1) is 4.90 Å². The van der Waals surface area contributed by atoms with Crippen LogP contribution in [0.2, 0.25) is 0 Å². The van der Waals surface area contributed by atoms with Gasteiger partial charge < -0.3 is 19.1 Å². The number of hydrogen-bond acceptors (Lipinski definition) is 6. The molecule has 0 unspecified atom stereocenters. The van der Waals surface area contributed by atoms with Crippen LogP contribution in [0.5, 0.6) is 11.5 Å². The van der Waals surface area contributed by atoms with Crippen molar-refractivity contribution in [3.63, 3.8) is 0 Å². The van der Waals surface area contributed by atoms with E-state index in [2.05, 4.69) is 0 Å². The van der Waals surface area contributed by atoms with Crippen LogP contribution >= 0.6 is 0 Å². The summed E-state index contributed by atoms with van der Waals surface area (Å²) in [7, 11) is -3.65. The Labute approximate surface area is 147 Å². The van der Waals surface area contributed by atoms with Crippen LogP contribution in [-0.4, -0.2) is 62.3 Å². The predicted octanol–water partition coefficient (Wildman–Crippen LogP) is 1.66. The number of carbonyl (C=O) groups is 1. The zero-order valence-corrected chi connectivity index (χ0v) is 15.3. The van der Waals surface area contributed by atoms with Gasteiger partial charge in [0, 0.05) is 32.2 Å². The van der Waals surface area contributed by atoms with Crippen LogP contribution < -0.4 is 9.47 Å². The Morgan fingerprint density at radius 3 is 2.36 bits per heavy atom. The van der Waals surface area contributed by atoms with Gasteiger partial charge in [-0.3, -0.25) is 0 Å². The average molecular weight is 370 g/mol. The maximum absolute atomic E-state index is 12.8. The third-order valence-corrected chi connectivity index (χ3v) is 5.77. The Bertz CT molecular complexity index is 763. The first-order valence-corrected chi connectivity index (χ1v) is 9.48. The van der Waals surface area contributed by atoms with Crippen molar-refractivity contribution in [3.8, 4) is 11.5 Å². The standard InChI is InChI=1S/C16H22N2O6S/c1-16(2,3)24-15(19)17-6-8-18(9-7-17)25(20,21)12-4-5-13-14(10-12)23-11-22-13/h4-5,10H,6-9,11H2,1-3H3. The molecule has 0 aliphatic carbocycles. The van der Waals surface area contributed by atoms with E-state index in [1.165, 1.54) is 21.3 Å². The molecular formula is C16H22N2O6S. The van der Waals surface area contributed by atoms with E-state index in [1.54, 1.807) is 26.8 Å². The molecule has 1 fully saturated rings. The molecule has 1 amide bonds. The fourth-order valence-corrected chi connectivity index (χ4v) is 4.06. The van der Waals surface area contributed by atoms with Crippen LogP contribution in [0.4, 0.5) is 4.79 Å². The second-order valence-electron chi connectivity index (χ2n) is 6.89. The summed E-state index contributed by atoms with van der Waals surface area (Å²) in [5, 5.41) is 0. The van der Waals surface area contributed by atoms with Crippen LogP contribution in [0.25, 0.3) is 0 Å². The smallest absolute Gasteiger partial charge is 0.410 e. The van der Waals surface area contributed by atoms with E-state index in [0.717, 1.165) is 0 Å². The van der Waals surface area contributed by atoms with E-state index >= 15 is 0 Å². The van der Waals surface area contributed by atoms with E-state index in [9.17, 15) is 13.2 Å². The van der Waals surface area contributed by atoms with E-state index < -0.39 is 21.7 Å². The average Bonchev–Trinajstić information content (AvgIpc) is 3.01. The Kier molecular flexibility index (Phi) is 4.54. The summed E-state index contributed by atoms with van der Waals surface area (Å²) < 4.78 is 42.7. The second kappa shape index (κ2) is 6.38. The Morgan fingerprint density at radius 2 is 1.72 bits per heavy atom. The quantitative estimate of drug-likeness (QED) is 0.787. The second-order valence-corrected chi connectivity index (χ2v) is 8.82. The molecule has 1 aromatic carbocycles. The number of carbonyl (C=O) groups excluding carboxylic acids is 1. The molecule has 0 radical (unpaired) electrons. The van der Waals surface area contributed by atoms with Crippen molar-refractivity contribution in [2.75, 3.05) is 33.0 Å². The van der Waals surface area contributed by atoms with Gasteiger partial charge in [-0.05, 0) is 32.9 Å². The minimum Gasteiger partial charge on any atom is -0.454 e. The van der Waals surface area contributed by atoms with Crippen LogP contribution in [0.15, 0.2) is 23.1 Å². The molecule has 0 aromatic heterocycles. The van der Waals surface area contributed by atoms with Gasteiger partial charge in [-0.15, -0.1) is 0 Å². The van der Waals surface area contributed by atoms with E-state index in [4.69, 9.17) is 14.2 Å². The molecule has 0 spiro atoms. The van der Waals surface area contributed by atoms with Crippen LogP contribution in [-0.2, 0) is 14.8 Å². The van der Waals surface area contributed by atoms with Gasteiger partial charge in [0.2, 0.25) is 16.8 Å². The lowest BCUT2D eigenvalue weighted by molar-refractivity contribution is 0.0192. The first kappa shape index (κ1) is 17.8. The first-order valence-electron chi connectivity index (χ1n) is 8.04. The maximum atomic E-state index is 12.8. The number of ether oxygens (including phenoxy) is 3. The summed E-state index contributed by atoms with van der Waals surface area (Å²) in [4.78, 5) is 13.8. The molecule has 8 nitrogen and oxygen atoms in total. The number of benzene rings is 1. The number of fused-ring (bicyclic) bond motifs is 1. The van der Waals surface area contributed by atoms with Crippen LogP contribution in [0, 0.1) is 0 Å². The molecule has 138 valence electrons. The number of hydrogen-bond donors (Lipinski definition) is 0. The summed E-state index contributed by atoms with van der Waals surface area (Å²) in [6.07, 6.45) is -0.423. The van der Waals surface area contributed by atoms with Gasteiger partial charge in [-0.2, -0.15) is 4.31 Å². The van der Waals surface area contributed by atoms with Crippen LogP contribution in [0.1, 0.15) is 20.8 Å². The van der Waals surface area contributed by atoms with E-state index in [1.807, 2.05) is 0 Å². The third-order valence-electron chi connectivity index (χ3n) is 3.87. The highest BCUT2D eigenvalue weighted by molar-refractivity contribution is 7.89. The third kappa shape index (κ3) is 3.82. The van der Waals surface area contributed by atoms with Crippen molar-refractivity contribution in [2.24, 2.45) is 0 Å². The Hall–Kier alpha value is -2.00. The lowest BCUT2D eigenvalue weighted by Crippen LogP contribution is -2.51. The lowest BCUT2D eigenvalue weighted by Gasteiger charge is -2.34. The molecule has 25 heavy (non-hydrogen) atoms. The lowest BCUT2D eigenvalue weighted by atomic mass is 10.2. The molecule has 2 heterocycles. The number of amides is 1. The van der Waals surface area contributed by atoms with Crippen molar-refractivity contribution in [2.45, 2.75) is 31.3 Å². The van der Waals surface area contributed by atoms with E-state index in [-0.39, 0.29) is 24.8 Å². The minimum atomic E-state index is -3.65. The highest BCUT2D eigenvalue weighted by Crippen LogP contribution is 2.34. The van der Waals surface area contributed by atoms with Gasteiger partial charge in [-0.25, -0.2) is 13.2 Å². The summed E-state index contributed by atoms with van der Waals surface area (Å²) in [6, 6.07) is 4.56. The summed E-state index contributed by atoms with van der Waals surface area (Å²) in [6.45, 7) is 6.50. The Morgan fingerprint density at radius 1 is 1.08 bits per heavy atom. The van der Waals surface area contributed by atoms with Crippen molar-refractivity contribution in [1.82, 2.24) is 9.21 Å². The van der Waals surface area contributed by atoms with Crippen molar-refractivity contribution in [1.29, 1.82) is 0 Å². The largest absolute Gasteiger partial charge is 0.454 e. The zero-order valence-electron chi connectivity index (χ0n) is 14.5. The molecule has 0 N–H and O–H groups in total. The predicted molar refractivity (Wildman–Crippen MR) is 89.1 cm³/mol. The highest BCUT2D eigenvalue weighted by atomic mass is 32.2. The molecule has 0 bridgehead atoms. The van der Waals surface area contributed by atoms with Crippen molar-refractivity contribution < 1.29 is 27.4 Å². The summed E-state index contributed by atoms with van der Waals surface area (Å²) >= 11 is 0. The van der Waals surface area contributed by atoms with Gasteiger partial charge in [-0.1, -0.05) is 0 Å². The molecule has 2 aliphatic rings. The summed E-state index contributed by atoms with van der Waals surface area (Å²) in [5.74, 6) is 0.960. The van der Waals surface area contributed by atoms with Crippen LogP contribution in [0.3, 0.4) is 0 Å². The zero-order chi connectivity index (χ0) is 18.2. The first-order chi connectivity index (χ1) is 11.7. The summed E-state index contributed by atoms with van der Waals surface area (Å²) in [5.41, 5.74) is -0.577. The molecule has 1 saturated heterocycles. The number of sulfonamides is 1. The van der Waals surface area contributed by atoms with Crippen molar-refractivity contribution >= 4 is 16.1 Å². The van der Waals surface area contributed by atoms with Gasteiger partial charge in [0.15, 0.2) is 11.5 Å². The molecule has 0 saturated carbocycles. The maximum Gasteiger partial charge on any atom is 0.410 e. The molecule has 2 aliphatic heterocycles. The number of nitrogens with zero attached hydrogens (tertiary/aromatic N) is 2. The van der Waals surface area contributed by atoms with Gasteiger partial charge in [0.1, 0.15) is 5.60 Å². The molecular weight excluding hydrogens is 348 g/mol. The van der Waals surface area contributed by atoms with Gasteiger partial charge in [0.25, 0.3) is 0 Å². The fourth-order valence-electron chi connectivity index (χ4n) is 2.62. The fraction of sp³-hybridized carbons (Fsp3) is 0.562. The molecule has 9 heteroatoms. The number of piperazine rings is 1. The van der Waals surface area contributed by atoms with Crippen molar-refractivity contribution in [3.05, 3.63) is 18.2 Å². The number of rotatable bonds is 2. The highest BCUT2D eigenvalue weighted by Gasteiger charge is 2.32. The molecule has 0 atom stereocenters. The SMILES string of the molecule is CC(C)(C)OC(=O)N1CCN(S(=O)(=O)c2ccc3c(c2)OCO3)CC1. The van der Waals surface area contributed by atoms with Gasteiger partial charge >= 0.3 is 6.09 Å².